The number of ether oxygens (including phenoxy) is 1. The number of para-hydroxylation sites is 1. The minimum Gasteiger partial charge on any atom is -0.496 e. The molecule has 3 N–H and O–H groups in total. The van der Waals surface area contributed by atoms with E-state index in [0.29, 0.717) is 11.3 Å². The van der Waals surface area contributed by atoms with Gasteiger partial charge in [0.15, 0.2) is 11.6 Å². The molecular formula is C15H16F2N2O. The van der Waals surface area contributed by atoms with E-state index in [1.807, 2.05) is 0 Å². The zero-order chi connectivity index (χ0) is 14.7. The number of rotatable bonds is 4. The average molecular weight is 278 g/mol. The third-order valence-corrected chi connectivity index (χ3v) is 3.23. The summed E-state index contributed by atoms with van der Waals surface area (Å²) in [4.78, 5) is 0. The smallest absolute Gasteiger partial charge is 0.164 e. The molecule has 20 heavy (non-hydrogen) atoms. The molecule has 0 aliphatic rings. The van der Waals surface area contributed by atoms with Crippen LogP contribution in [0, 0.1) is 18.6 Å². The Hall–Kier alpha value is -1.98. The Morgan fingerprint density at radius 1 is 1.05 bits per heavy atom. The van der Waals surface area contributed by atoms with E-state index < -0.39 is 17.7 Å². The van der Waals surface area contributed by atoms with Crippen molar-refractivity contribution in [3.05, 3.63) is 64.7 Å². The lowest BCUT2D eigenvalue weighted by Gasteiger charge is -2.20. The molecular weight excluding hydrogens is 262 g/mol. The molecule has 0 aromatic heterocycles. The number of hydrazine groups is 1. The number of nitrogens with two attached hydrogens (primary N) is 1. The Bertz CT molecular complexity index is 617. The Labute approximate surface area is 116 Å². The summed E-state index contributed by atoms with van der Waals surface area (Å²) in [5.74, 6) is 4.31. The van der Waals surface area contributed by atoms with Crippen LogP contribution in [0.15, 0.2) is 36.4 Å². The number of halogens is 2. The number of methoxy groups -OCH3 is 1. The first kappa shape index (κ1) is 14.4. The highest BCUT2D eigenvalue weighted by Gasteiger charge is 2.22. The van der Waals surface area contributed by atoms with Gasteiger partial charge in [0.2, 0.25) is 0 Å². The molecule has 0 radical (unpaired) electrons. The van der Waals surface area contributed by atoms with Crippen molar-refractivity contribution in [2.45, 2.75) is 13.0 Å². The minimum atomic E-state index is -0.904. The van der Waals surface area contributed by atoms with Crippen LogP contribution in [0.2, 0.25) is 0 Å². The fourth-order valence-electron chi connectivity index (χ4n) is 2.14. The maximum absolute atomic E-state index is 14.1. The molecule has 0 saturated heterocycles. The largest absolute Gasteiger partial charge is 0.496 e. The van der Waals surface area contributed by atoms with Crippen LogP contribution in [0.3, 0.4) is 0 Å². The number of aryl methyl sites for hydroxylation is 1. The first-order valence-electron chi connectivity index (χ1n) is 6.13. The molecule has 2 rings (SSSR count). The number of hydrogen-bond donors (Lipinski definition) is 2. The monoisotopic (exact) mass is 278 g/mol. The highest BCUT2D eigenvalue weighted by Crippen LogP contribution is 2.31. The second kappa shape index (κ2) is 5.98. The summed E-state index contributed by atoms with van der Waals surface area (Å²) in [6.07, 6.45) is 0. The van der Waals surface area contributed by atoms with Crippen LogP contribution in [0.5, 0.6) is 5.75 Å². The molecule has 0 aliphatic heterocycles. The van der Waals surface area contributed by atoms with Crippen molar-refractivity contribution in [3.63, 3.8) is 0 Å². The molecule has 0 spiro atoms. The lowest BCUT2D eigenvalue weighted by Crippen LogP contribution is -2.30. The second-order valence-electron chi connectivity index (χ2n) is 4.44. The SMILES string of the molecule is COc1ccccc1C(NN)c1ccc(C)c(F)c1F. The molecule has 0 bridgehead atoms. The van der Waals surface area contributed by atoms with Crippen LogP contribution in [-0.2, 0) is 0 Å². The molecule has 0 amide bonds. The van der Waals surface area contributed by atoms with E-state index in [-0.39, 0.29) is 11.1 Å². The topological polar surface area (TPSA) is 47.3 Å². The summed E-state index contributed by atoms with van der Waals surface area (Å²) >= 11 is 0. The molecule has 5 heteroatoms. The van der Waals surface area contributed by atoms with Gasteiger partial charge < -0.3 is 4.74 Å². The summed E-state index contributed by atoms with van der Waals surface area (Å²) in [7, 11) is 1.51. The zero-order valence-corrected chi connectivity index (χ0v) is 11.3. The summed E-state index contributed by atoms with van der Waals surface area (Å²) in [5.41, 5.74) is 3.54. The number of hydrogen-bond acceptors (Lipinski definition) is 3. The molecule has 2 aromatic carbocycles. The lowest BCUT2D eigenvalue weighted by atomic mass is 9.96. The van der Waals surface area contributed by atoms with Gasteiger partial charge in [0.05, 0.1) is 13.2 Å². The number of benzene rings is 2. The minimum absolute atomic E-state index is 0.139. The first-order chi connectivity index (χ1) is 9.60. The predicted octanol–water partition coefficient (Wildman–Crippen LogP) is 2.83. The summed E-state index contributed by atoms with van der Waals surface area (Å²) in [5, 5.41) is 0. The van der Waals surface area contributed by atoms with Crippen LogP contribution < -0.4 is 16.0 Å². The summed E-state index contributed by atoms with van der Waals surface area (Å²) in [6.45, 7) is 1.51. The van der Waals surface area contributed by atoms with E-state index in [1.54, 1.807) is 24.3 Å². The number of nitrogens with one attached hydrogen (secondary N) is 1. The van der Waals surface area contributed by atoms with Gasteiger partial charge in [-0.1, -0.05) is 30.3 Å². The van der Waals surface area contributed by atoms with Gasteiger partial charge in [0.1, 0.15) is 5.75 Å². The van der Waals surface area contributed by atoms with E-state index in [1.165, 1.54) is 26.2 Å². The van der Waals surface area contributed by atoms with Gasteiger partial charge in [-0.2, -0.15) is 0 Å². The van der Waals surface area contributed by atoms with Gasteiger partial charge in [-0.3, -0.25) is 5.84 Å². The van der Waals surface area contributed by atoms with Crippen molar-refractivity contribution in [3.8, 4) is 5.75 Å². The van der Waals surface area contributed by atoms with Crippen molar-refractivity contribution in [2.75, 3.05) is 7.11 Å². The van der Waals surface area contributed by atoms with Crippen LogP contribution in [-0.4, -0.2) is 7.11 Å². The standard InChI is InChI=1S/C15H16F2N2O/c1-9-7-8-11(14(17)13(9)16)15(19-18)10-5-3-4-6-12(10)20-2/h3-8,15,19H,18H2,1-2H3. The molecule has 1 unspecified atom stereocenters. The van der Waals surface area contributed by atoms with Crippen molar-refractivity contribution in [1.82, 2.24) is 5.43 Å². The summed E-state index contributed by atoms with van der Waals surface area (Å²) in [6, 6.07) is 9.41. The van der Waals surface area contributed by atoms with Gasteiger partial charge in [0, 0.05) is 11.1 Å². The highest BCUT2D eigenvalue weighted by molar-refractivity contribution is 5.42. The second-order valence-corrected chi connectivity index (χ2v) is 4.44. The van der Waals surface area contributed by atoms with Crippen molar-refractivity contribution in [2.24, 2.45) is 5.84 Å². The van der Waals surface area contributed by atoms with Crippen LogP contribution in [0.4, 0.5) is 8.78 Å². The maximum Gasteiger partial charge on any atom is 0.164 e. The van der Waals surface area contributed by atoms with E-state index in [4.69, 9.17) is 10.6 Å². The Morgan fingerprint density at radius 3 is 2.40 bits per heavy atom. The average Bonchev–Trinajstić information content (AvgIpc) is 2.48. The highest BCUT2D eigenvalue weighted by atomic mass is 19.2. The maximum atomic E-state index is 14.1. The quantitative estimate of drug-likeness (QED) is 0.668. The van der Waals surface area contributed by atoms with Crippen LogP contribution in [0.1, 0.15) is 22.7 Å². The fourth-order valence-corrected chi connectivity index (χ4v) is 2.14. The zero-order valence-electron chi connectivity index (χ0n) is 11.3. The fraction of sp³-hybridized carbons (Fsp3) is 0.200. The van der Waals surface area contributed by atoms with Crippen molar-refractivity contribution >= 4 is 0 Å². The van der Waals surface area contributed by atoms with E-state index >= 15 is 0 Å². The Kier molecular flexibility index (Phi) is 4.32. The Morgan fingerprint density at radius 2 is 1.75 bits per heavy atom. The summed E-state index contributed by atoms with van der Waals surface area (Å²) < 4.78 is 33.1. The van der Waals surface area contributed by atoms with Gasteiger partial charge in [-0.25, -0.2) is 14.2 Å². The van der Waals surface area contributed by atoms with E-state index in [9.17, 15) is 8.78 Å². The molecule has 3 nitrogen and oxygen atoms in total. The molecule has 0 saturated carbocycles. The lowest BCUT2D eigenvalue weighted by molar-refractivity contribution is 0.402. The molecule has 106 valence electrons. The Balaban J connectivity index is 2.56. The van der Waals surface area contributed by atoms with Gasteiger partial charge in [-0.05, 0) is 18.6 Å². The molecule has 0 heterocycles. The van der Waals surface area contributed by atoms with Crippen molar-refractivity contribution < 1.29 is 13.5 Å². The molecule has 1 atom stereocenters. The van der Waals surface area contributed by atoms with Crippen molar-refractivity contribution in [1.29, 1.82) is 0 Å². The molecule has 0 aliphatic carbocycles. The van der Waals surface area contributed by atoms with Gasteiger partial charge >= 0.3 is 0 Å². The van der Waals surface area contributed by atoms with Gasteiger partial charge in [0.25, 0.3) is 0 Å². The normalized spacial score (nSPS) is 12.2. The van der Waals surface area contributed by atoms with E-state index in [0.717, 1.165) is 0 Å². The van der Waals surface area contributed by atoms with Gasteiger partial charge in [-0.15, -0.1) is 0 Å². The third kappa shape index (κ3) is 2.50. The van der Waals surface area contributed by atoms with E-state index in [2.05, 4.69) is 5.43 Å². The molecule has 2 aromatic rings. The molecule has 0 fully saturated rings. The predicted molar refractivity (Wildman–Crippen MR) is 73.3 cm³/mol. The van der Waals surface area contributed by atoms with Crippen LogP contribution in [0.25, 0.3) is 0 Å². The van der Waals surface area contributed by atoms with Crippen LogP contribution >= 0.6 is 0 Å². The third-order valence-electron chi connectivity index (χ3n) is 3.23. The first-order valence-corrected chi connectivity index (χ1v) is 6.13.